The molecule has 5 heteroatoms. The molecule has 6 aromatic rings. The molecule has 7 rings (SSSR count). The fraction of sp³-hybridized carbons (Fsp3) is 0.207. The number of hydrogen-bond acceptors (Lipinski definition) is 3. The van der Waals surface area contributed by atoms with E-state index in [1.807, 2.05) is 6.07 Å². The predicted molar refractivity (Wildman–Crippen MR) is 141 cm³/mol. The van der Waals surface area contributed by atoms with Crippen LogP contribution in [0.3, 0.4) is 0 Å². The lowest BCUT2D eigenvalue weighted by molar-refractivity contribution is 0.00578. The Morgan fingerprint density at radius 1 is 0.676 bits per heavy atom. The van der Waals surface area contributed by atoms with Gasteiger partial charge in [0.25, 0.3) is 0 Å². The quantitative estimate of drug-likeness (QED) is 0.171. The predicted octanol–water partition coefficient (Wildman–Crippen LogP) is 6.25. The molecular weight excluding hydrogens is 419 g/mol. The average molecular weight is 444 g/mol. The lowest BCUT2D eigenvalue weighted by atomic mass is 9.78. The minimum absolute atomic E-state index is 0.380. The van der Waals surface area contributed by atoms with Crippen LogP contribution >= 0.6 is 0 Å². The maximum Gasteiger partial charge on any atom is 0.494 e. The molecule has 3 heterocycles. The summed E-state index contributed by atoms with van der Waals surface area (Å²) in [4.78, 5) is 5.05. The van der Waals surface area contributed by atoms with E-state index in [9.17, 15) is 0 Å². The summed E-state index contributed by atoms with van der Waals surface area (Å²) in [5.74, 6) is 0. The highest BCUT2D eigenvalue weighted by molar-refractivity contribution is 6.62. The van der Waals surface area contributed by atoms with Gasteiger partial charge in [-0.1, -0.05) is 48.5 Å². The third kappa shape index (κ3) is 2.65. The summed E-state index contributed by atoms with van der Waals surface area (Å²) < 4.78 is 15.1. The Bertz CT molecular complexity index is 1770. The second kappa shape index (κ2) is 6.59. The van der Waals surface area contributed by atoms with Crippen molar-refractivity contribution in [2.45, 2.75) is 38.9 Å². The van der Waals surface area contributed by atoms with Crippen molar-refractivity contribution in [2.24, 2.45) is 0 Å². The Morgan fingerprint density at radius 3 is 2.06 bits per heavy atom. The summed E-state index contributed by atoms with van der Waals surface area (Å²) in [6.07, 6.45) is 0. The first-order valence-electron chi connectivity index (χ1n) is 11.8. The largest absolute Gasteiger partial charge is 0.494 e. The van der Waals surface area contributed by atoms with Gasteiger partial charge in [-0.3, -0.25) is 4.40 Å². The van der Waals surface area contributed by atoms with E-state index >= 15 is 0 Å². The van der Waals surface area contributed by atoms with Crippen molar-refractivity contribution in [2.75, 3.05) is 0 Å². The lowest BCUT2D eigenvalue weighted by Crippen LogP contribution is -2.41. The molecule has 0 spiro atoms. The van der Waals surface area contributed by atoms with E-state index in [1.165, 1.54) is 21.5 Å². The fourth-order valence-electron chi connectivity index (χ4n) is 5.19. The first-order valence-corrected chi connectivity index (χ1v) is 11.8. The molecule has 0 radical (unpaired) electrons. The molecule has 1 fully saturated rings. The molecule has 4 nitrogen and oxygen atoms in total. The second-order valence-electron chi connectivity index (χ2n) is 10.4. The maximum atomic E-state index is 6.38. The maximum absolute atomic E-state index is 6.38. The smallest absolute Gasteiger partial charge is 0.399 e. The molecule has 2 aromatic heterocycles. The zero-order valence-corrected chi connectivity index (χ0v) is 19.8. The Kier molecular flexibility index (Phi) is 3.88. The molecule has 34 heavy (non-hydrogen) atoms. The van der Waals surface area contributed by atoms with E-state index in [4.69, 9.17) is 14.3 Å². The number of hydrogen-bond donors (Lipinski definition) is 0. The Hall–Kier alpha value is -3.41. The zero-order chi connectivity index (χ0) is 23.2. The van der Waals surface area contributed by atoms with Crippen LogP contribution in [0, 0.1) is 0 Å². The number of fused-ring (bicyclic) bond motifs is 9. The number of rotatable bonds is 1. The van der Waals surface area contributed by atoms with Gasteiger partial charge < -0.3 is 9.31 Å². The van der Waals surface area contributed by atoms with Crippen molar-refractivity contribution in [3.63, 3.8) is 0 Å². The van der Waals surface area contributed by atoms with Crippen LogP contribution in [0.4, 0.5) is 0 Å². The van der Waals surface area contributed by atoms with Gasteiger partial charge in [-0.05, 0) is 79.6 Å². The summed E-state index contributed by atoms with van der Waals surface area (Å²) in [7, 11) is -0.403. The Labute approximate surface area is 198 Å². The molecule has 1 saturated heterocycles. The monoisotopic (exact) mass is 444 g/mol. The molecule has 0 unspecified atom stereocenters. The lowest BCUT2D eigenvalue weighted by Gasteiger charge is -2.32. The standard InChI is InChI=1S/C29H25BN2O2/c1-28(2)29(3,4)34-30(33-28)20-13-14-25-22(17-20)21-15-18-9-5-6-10-19(18)16-23(21)27-31-24-11-7-8-12-26(24)32(25)27/h5-17H,1-4H3. The van der Waals surface area contributed by atoms with Gasteiger partial charge in [0.05, 0.1) is 27.8 Å². The van der Waals surface area contributed by atoms with Gasteiger partial charge in [-0.15, -0.1) is 0 Å². The van der Waals surface area contributed by atoms with Crippen LogP contribution in [0.1, 0.15) is 27.7 Å². The van der Waals surface area contributed by atoms with Gasteiger partial charge in [0.15, 0.2) is 0 Å². The van der Waals surface area contributed by atoms with Crippen molar-refractivity contribution in [1.29, 1.82) is 0 Å². The van der Waals surface area contributed by atoms with E-state index in [0.29, 0.717) is 0 Å². The zero-order valence-electron chi connectivity index (χ0n) is 19.8. The van der Waals surface area contributed by atoms with Crippen LogP contribution in [0.15, 0.2) is 78.9 Å². The van der Waals surface area contributed by atoms with E-state index in [1.54, 1.807) is 0 Å². The van der Waals surface area contributed by atoms with Crippen LogP contribution in [-0.2, 0) is 9.31 Å². The molecule has 1 aliphatic rings. The molecule has 0 saturated carbocycles. The van der Waals surface area contributed by atoms with Gasteiger partial charge >= 0.3 is 7.12 Å². The highest BCUT2D eigenvalue weighted by Gasteiger charge is 2.51. The van der Waals surface area contributed by atoms with E-state index < -0.39 is 7.12 Å². The summed E-state index contributed by atoms with van der Waals surface area (Å²) in [5, 5.41) is 5.94. The Morgan fingerprint density at radius 2 is 1.32 bits per heavy atom. The highest BCUT2D eigenvalue weighted by atomic mass is 16.7. The van der Waals surface area contributed by atoms with E-state index in [0.717, 1.165) is 33.0 Å². The summed E-state index contributed by atoms with van der Waals surface area (Å²) in [6.45, 7) is 8.38. The first kappa shape index (κ1) is 20.0. The number of aromatic nitrogens is 2. The number of pyridine rings is 1. The van der Waals surface area contributed by atoms with Crippen LogP contribution in [0.25, 0.3) is 49.1 Å². The average Bonchev–Trinajstić information content (AvgIpc) is 3.32. The third-order valence-corrected chi connectivity index (χ3v) is 7.76. The van der Waals surface area contributed by atoms with Crippen LogP contribution in [0.2, 0.25) is 0 Å². The number of imidazole rings is 1. The number of nitrogens with zero attached hydrogens (tertiary/aromatic N) is 2. The molecular formula is C29H25BN2O2. The van der Waals surface area contributed by atoms with Gasteiger partial charge in [0, 0.05) is 10.8 Å². The molecule has 0 aliphatic carbocycles. The normalized spacial score (nSPS) is 17.6. The molecule has 4 aromatic carbocycles. The van der Waals surface area contributed by atoms with Crippen molar-refractivity contribution >= 4 is 61.7 Å². The molecule has 1 aliphatic heterocycles. The van der Waals surface area contributed by atoms with Crippen molar-refractivity contribution < 1.29 is 9.31 Å². The molecule has 0 atom stereocenters. The minimum Gasteiger partial charge on any atom is -0.399 e. The molecule has 0 amide bonds. The van der Waals surface area contributed by atoms with Crippen LogP contribution in [0.5, 0.6) is 0 Å². The van der Waals surface area contributed by atoms with Crippen molar-refractivity contribution in [3.8, 4) is 0 Å². The van der Waals surface area contributed by atoms with Crippen molar-refractivity contribution in [1.82, 2.24) is 9.38 Å². The van der Waals surface area contributed by atoms with Crippen LogP contribution < -0.4 is 5.46 Å². The molecule has 166 valence electrons. The molecule has 0 bridgehead atoms. The minimum atomic E-state index is -0.403. The van der Waals surface area contributed by atoms with E-state index in [-0.39, 0.29) is 11.2 Å². The fourth-order valence-corrected chi connectivity index (χ4v) is 5.19. The van der Waals surface area contributed by atoms with Gasteiger partial charge in [0.1, 0.15) is 5.65 Å². The summed E-state index contributed by atoms with van der Waals surface area (Å²) in [6, 6.07) is 28.0. The van der Waals surface area contributed by atoms with Gasteiger partial charge in [-0.2, -0.15) is 0 Å². The summed E-state index contributed by atoms with van der Waals surface area (Å²) >= 11 is 0. The second-order valence-corrected chi connectivity index (χ2v) is 10.4. The third-order valence-electron chi connectivity index (χ3n) is 7.76. The van der Waals surface area contributed by atoms with Gasteiger partial charge in [-0.25, -0.2) is 4.98 Å². The SMILES string of the molecule is CC1(C)OB(c2ccc3c(c2)c2cc4ccccc4cc2c2nc4ccccc4n32)OC1(C)C. The van der Waals surface area contributed by atoms with Crippen molar-refractivity contribution in [3.05, 3.63) is 78.9 Å². The van der Waals surface area contributed by atoms with E-state index in [2.05, 4.69) is 105 Å². The number of para-hydroxylation sites is 2. The highest BCUT2D eigenvalue weighted by Crippen LogP contribution is 2.38. The Balaban J connectivity index is 1.60. The van der Waals surface area contributed by atoms with Gasteiger partial charge in [0.2, 0.25) is 0 Å². The van der Waals surface area contributed by atoms with Crippen LogP contribution in [-0.4, -0.2) is 27.7 Å². The molecule has 0 N–H and O–H groups in total. The first-order chi connectivity index (χ1) is 16.3. The number of benzene rings is 4. The summed E-state index contributed by atoms with van der Waals surface area (Å²) in [5.41, 5.74) is 4.50. The topological polar surface area (TPSA) is 35.8 Å².